The van der Waals surface area contributed by atoms with Gasteiger partial charge in [0.2, 0.25) is 5.91 Å². The van der Waals surface area contributed by atoms with Crippen molar-refractivity contribution in [2.24, 2.45) is 11.8 Å². The van der Waals surface area contributed by atoms with E-state index in [0.717, 1.165) is 25.2 Å². The third kappa shape index (κ3) is 6.39. The van der Waals surface area contributed by atoms with Crippen LogP contribution in [0.25, 0.3) is 0 Å². The van der Waals surface area contributed by atoms with E-state index >= 15 is 0 Å². The monoisotopic (exact) mass is 453 g/mol. The Hall–Kier alpha value is -2.77. The van der Waals surface area contributed by atoms with Crippen LogP contribution in [-0.4, -0.2) is 60.5 Å². The average Bonchev–Trinajstić information content (AvgIpc) is 3.18. The van der Waals surface area contributed by atoms with E-state index in [0.29, 0.717) is 31.5 Å². The molecular formula is C26H35N3O4. The molecule has 2 aromatic carbocycles. The van der Waals surface area contributed by atoms with Crippen LogP contribution in [0.1, 0.15) is 36.5 Å². The van der Waals surface area contributed by atoms with E-state index < -0.39 is 0 Å². The Bertz CT molecular complexity index is 945. The topological polar surface area (TPSA) is 75.9 Å². The number of nitro benzene ring substituents is 1. The summed E-state index contributed by atoms with van der Waals surface area (Å²) in [6.45, 7) is 10.3. The molecule has 33 heavy (non-hydrogen) atoms. The minimum atomic E-state index is -0.371. The summed E-state index contributed by atoms with van der Waals surface area (Å²) in [6, 6.07) is 15.3. The van der Waals surface area contributed by atoms with Crippen LogP contribution in [0.5, 0.6) is 0 Å². The summed E-state index contributed by atoms with van der Waals surface area (Å²) in [6.07, 6.45) is 0. The number of rotatable bonds is 10. The van der Waals surface area contributed by atoms with Crippen LogP contribution < -0.4 is 0 Å². The summed E-state index contributed by atoms with van der Waals surface area (Å²) < 4.78 is 5.27. The van der Waals surface area contributed by atoms with E-state index in [2.05, 4.69) is 36.1 Å². The standard InChI is InChI=1S/C26H35N3O4/c1-19(2)26(30)28(13-14-33-4)17-22-16-27(15-21-9-11-23(12-10-21)29(31)32)18-25(22)24-8-6-5-7-20(24)3/h5-12,19,22,25H,13-18H2,1-4H3. The highest BCUT2D eigenvalue weighted by atomic mass is 16.6. The Kier molecular flexibility index (Phi) is 8.58. The number of likely N-dealkylation sites (tertiary alicyclic amines) is 1. The number of aryl methyl sites for hydroxylation is 1. The summed E-state index contributed by atoms with van der Waals surface area (Å²) in [4.78, 5) is 27.9. The number of carbonyl (C=O) groups is 1. The van der Waals surface area contributed by atoms with Crippen molar-refractivity contribution in [2.75, 3.05) is 39.9 Å². The number of carbonyl (C=O) groups excluding carboxylic acids is 1. The molecule has 1 fully saturated rings. The molecule has 3 rings (SSSR count). The zero-order valence-corrected chi connectivity index (χ0v) is 20.1. The quantitative estimate of drug-likeness (QED) is 0.397. The van der Waals surface area contributed by atoms with Crippen LogP contribution in [0.4, 0.5) is 5.69 Å². The maximum Gasteiger partial charge on any atom is 0.269 e. The number of nitro groups is 1. The fourth-order valence-electron chi connectivity index (χ4n) is 4.75. The highest BCUT2D eigenvalue weighted by molar-refractivity contribution is 5.78. The van der Waals surface area contributed by atoms with Gasteiger partial charge >= 0.3 is 0 Å². The summed E-state index contributed by atoms with van der Waals surface area (Å²) in [5.74, 6) is 0.707. The number of amides is 1. The Balaban J connectivity index is 1.81. The molecule has 2 aromatic rings. The predicted molar refractivity (Wildman–Crippen MR) is 129 cm³/mol. The molecule has 178 valence electrons. The zero-order valence-electron chi connectivity index (χ0n) is 20.1. The molecule has 1 amide bonds. The number of hydrogen-bond acceptors (Lipinski definition) is 5. The van der Waals surface area contributed by atoms with Gasteiger partial charge in [-0.15, -0.1) is 0 Å². The van der Waals surface area contributed by atoms with Gasteiger partial charge in [-0.2, -0.15) is 0 Å². The van der Waals surface area contributed by atoms with Crippen molar-refractivity contribution in [2.45, 2.75) is 33.2 Å². The second-order valence-electron chi connectivity index (χ2n) is 9.27. The summed E-state index contributed by atoms with van der Waals surface area (Å²) >= 11 is 0. The summed E-state index contributed by atoms with van der Waals surface area (Å²) in [7, 11) is 1.66. The maximum absolute atomic E-state index is 12.9. The largest absolute Gasteiger partial charge is 0.383 e. The molecule has 0 aliphatic carbocycles. The minimum Gasteiger partial charge on any atom is -0.383 e. The van der Waals surface area contributed by atoms with Gasteiger partial charge in [-0.25, -0.2) is 0 Å². The van der Waals surface area contributed by atoms with Gasteiger partial charge in [-0.3, -0.25) is 19.8 Å². The van der Waals surface area contributed by atoms with E-state index in [1.54, 1.807) is 19.2 Å². The lowest BCUT2D eigenvalue weighted by Crippen LogP contribution is -2.41. The second-order valence-corrected chi connectivity index (χ2v) is 9.27. The molecule has 1 saturated heterocycles. The van der Waals surface area contributed by atoms with Crippen molar-refractivity contribution in [1.29, 1.82) is 0 Å². The number of non-ortho nitro benzene ring substituents is 1. The zero-order chi connectivity index (χ0) is 24.0. The fraction of sp³-hybridized carbons (Fsp3) is 0.500. The average molecular weight is 454 g/mol. The van der Waals surface area contributed by atoms with Crippen molar-refractivity contribution in [3.05, 3.63) is 75.3 Å². The first-order valence-electron chi connectivity index (χ1n) is 11.6. The van der Waals surface area contributed by atoms with Gasteiger partial charge in [0, 0.05) is 63.8 Å². The molecule has 1 aliphatic heterocycles. The van der Waals surface area contributed by atoms with Gasteiger partial charge in [0.25, 0.3) is 5.69 Å². The molecule has 1 aliphatic rings. The van der Waals surface area contributed by atoms with Crippen LogP contribution in [0.3, 0.4) is 0 Å². The van der Waals surface area contributed by atoms with E-state index in [1.807, 2.05) is 30.9 Å². The Morgan fingerprint density at radius 1 is 1.18 bits per heavy atom. The van der Waals surface area contributed by atoms with E-state index in [-0.39, 0.29) is 22.4 Å². The summed E-state index contributed by atoms with van der Waals surface area (Å²) in [5.41, 5.74) is 3.76. The molecular weight excluding hydrogens is 418 g/mol. The normalized spacial score (nSPS) is 18.6. The van der Waals surface area contributed by atoms with E-state index in [4.69, 9.17) is 4.74 Å². The molecule has 0 N–H and O–H groups in total. The smallest absolute Gasteiger partial charge is 0.269 e. The third-order valence-corrected chi connectivity index (χ3v) is 6.48. The SMILES string of the molecule is COCCN(CC1CN(Cc2ccc([N+](=O)[O-])cc2)CC1c1ccccc1C)C(=O)C(C)C. The van der Waals surface area contributed by atoms with Crippen molar-refractivity contribution in [3.8, 4) is 0 Å². The molecule has 2 atom stereocenters. The predicted octanol–water partition coefficient (Wildman–Crippen LogP) is 4.25. The highest BCUT2D eigenvalue weighted by Crippen LogP contribution is 2.36. The maximum atomic E-state index is 12.9. The molecule has 0 spiro atoms. The van der Waals surface area contributed by atoms with Crippen LogP contribution in [-0.2, 0) is 16.1 Å². The van der Waals surface area contributed by atoms with Gasteiger partial charge in [-0.05, 0) is 29.5 Å². The molecule has 7 heteroatoms. The molecule has 0 saturated carbocycles. The lowest BCUT2D eigenvalue weighted by atomic mass is 9.86. The number of benzene rings is 2. The van der Waals surface area contributed by atoms with Crippen molar-refractivity contribution in [3.63, 3.8) is 0 Å². The van der Waals surface area contributed by atoms with Crippen molar-refractivity contribution in [1.82, 2.24) is 9.80 Å². The van der Waals surface area contributed by atoms with E-state index in [9.17, 15) is 14.9 Å². The number of nitrogens with zero attached hydrogens (tertiary/aromatic N) is 3. The first kappa shape index (κ1) is 24.9. The molecule has 2 unspecified atom stereocenters. The fourth-order valence-corrected chi connectivity index (χ4v) is 4.75. The second kappa shape index (κ2) is 11.4. The first-order valence-corrected chi connectivity index (χ1v) is 11.6. The molecule has 0 aromatic heterocycles. The van der Waals surface area contributed by atoms with Crippen molar-refractivity contribution < 1.29 is 14.5 Å². The lowest BCUT2D eigenvalue weighted by Gasteiger charge is -2.30. The van der Waals surface area contributed by atoms with E-state index in [1.165, 1.54) is 11.1 Å². The third-order valence-electron chi connectivity index (χ3n) is 6.48. The number of ether oxygens (including phenoxy) is 1. The van der Waals surface area contributed by atoms with Gasteiger partial charge in [0.05, 0.1) is 11.5 Å². The number of methoxy groups -OCH3 is 1. The molecule has 7 nitrogen and oxygen atoms in total. The Labute approximate surface area is 196 Å². The van der Waals surface area contributed by atoms with Gasteiger partial charge in [0.15, 0.2) is 0 Å². The highest BCUT2D eigenvalue weighted by Gasteiger charge is 2.36. The van der Waals surface area contributed by atoms with Crippen LogP contribution >= 0.6 is 0 Å². The van der Waals surface area contributed by atoms with Gasteiger partial charge in [-0.1, -0.05) is 50.2 Å². The Morgan fingerprint density at radius 2 is 1.88 bits per heavy atom. The summed E-state index contributed by atoms with van der Waals surface area (Å²) in [5, 5.41) is 11.0. The van der Waals surface area contributed by atoms with Crippen molar-refractivity contribution >= 4 is 11.6 Å². The molecule has 0 radical (unpaired) electrons. The lowest BCUT2D eigenvalue weighted by molar-refractivity contribution is -0.384. The van der Waals surface area contributed by atoms with Gasteiger partial charge < -0.3 is 9.64 Å². The van der Waals surface area contributed by atoms with Crippen LogP contribution in [0.15, 0.2) is 48.5 Å². The molecule has 1 heterocycles. The van der Waals surface area contributed by atoms with Crippen LogP contribution in [0.2, 0.25) is 0 Å². The Morgan fingerprint density at radius 3 is 2.48 bits per heavy atom. The van der Waals surface area contributed by atoms with Crippen LogP contribution in [0, 0.1) is 28.9 Å². The minimum absolute atomic E-state index is 0.0589. The van der Waals surface area contributed by atoms with Gasteiger partial charge in [0.1, 0.15) is 0 Å². The number of hydrogen-bond donors (Lipinski definition) is 0. The molecule has 0 bridgehead atoms. The first-order chi connectivity index (χ1) is 15.8.